The molecule has 2 aliphatic rings. The van der Waals surface area contributed by atoms with Gasteiger partial charge in [0.25, 0.3) is 0 Å². The number of rotatable bonds is 9. The van der Waals surface area contributed by atoms with E-state index in [2.05, 4.69) is 34.3 Å². The highest BCUT2D eigenvalue weighted by atomic mass is 16.5. The van der Waals surface area contributed by atoms with Crippen molar-refractivity contribution in [2.45, 2.75) is 52.1 Å². The molecule has 12 heteroatoms. The van der Waals surface area contributed by atoms with Gasteiger partial charge in [0.1, 0.15) is 18.4 Å². The molecule has 2 aromatic heterocycles. The van der Waals surface area contributed by atoms with Gasteiger partial charge in [-0.1, -0.05) is 30.8 Å². The third-order valence-corrected chi connectivity index (χ3v) is 9.13. The molecule has 2 saturated heterocycles. The largest absolute Gasteiger partial charge is 0.461 e. The molecule has 4 aromatic rings. The van der Waals surface area contributed by atoms with Gasteiger partial charge in [-0.15, -0.1) is 5.10 Å². The van der Waals surface area contributed by atoms with Crippen molar-refractivity contribution in [3.8, 4) is 11.8 Å². The first-order valence-electron chi connectivity index (χ1n) is 16.4. The number of esters is 1. The summed E-state index contributed by atoms with van der Waals surface area (Å²) < 4.78 is 13.9. The van der Waals surface area contributed by atoms with Crippen molar-refractivity contribution in [3.05, 3.63) is 77.9 Å². The number of carbonyl (C=O) groups excluding carboxylic acids is 2. The smallest absolute Gasteiger partial charge is 0.336 e. The van der Waals surface area contributed by atoms with Gasteiger partial charge in [0.15, 0.2) is 11.5 Å². The number of amides is 1. The highest BCUT2D eigenvalue weighted by Gasteiger charge is 2.34. The van der Waals surface area contributed by atoms with Crippen molar-refractivity contribution in [2.24, 2.45) is 5.41 Å². The number of aromatic nitrogens is 4. The number of ether oxygens (including phenoxy) is 2. The second kappa shape index (κ2) is 13.6. The predicted octanol–water partition coefficient (Wildman–Crippen LogP) is 4.42. The van der Waals surface area contributed by atoms with Crippen LogP contribution in [-0.4, -0.2) is 99.7 Å². The lowest BCUT2D eigenvalue weighted by atomic mass is 9.97. The number of anilines is 1. The summed E-state index contributed by atoms with van der Waals surface area (Å²) in [6, 6.07) is 12.0. The Morgan fingerprint density at radius 1 is 1.15 bits per heavy atom. The van der Waals surface area contributed by atoms with Gasteiger partial charge in [0.05, 0.1) is 17.3 Å². The number of carbonyl (C=O) groups is 2. The van der Waals surface area contributed by atoms with Crippen molar-refractivity contribution < 1.29 is 19.1 Å². The van der Waals surface area contributed by atoms with E-state index in [1.807, 2.05) is 51.1 Å². The molecule has 4 heterocycles. The first-order valence-corrected chi connectivity index (χ1v) is 16.4. The Morgan fingerprint density at radius 3 is 2.69 bits per heavy atom. The van der Waals surface area contributed by atoms with Gasteiger partial charge in [-0.05, 0) is 81.7 Å². The van der Waals surface area contributed by atoms with Crippen LogP contribution in [0.5, 0.6) is 11.8 Å². The summed E-state index contributed by atoms with van der Waals surface area (Å²) in [5.41, 5.74) is 1.66. The molecule has 0 unspecified atom stereocenters. The molecule has 2 aromatic carbocycles. The molecule has 0 N–H and O–H groups in total. The van der Waals surface area contributed by atoms with Crippen molar-refractivity contribution in [1.82, 2.24) is 29.4 Å². The average Bonchev–Trinajstić information content (AvgIpc) is 3.67. The fourth-order valence-corrected chi connectivity index (χ4v) is 6.38. The SMILES string of the molecule is [C-]#[N+]C[C@H]1CN(c2nc(OC[C@@H]3CCCN3C)nn3c(Cc4cc(OC(=O)C(C)(C)C)cc5ccccc45)cnc23)CCN1C(=O)C=C. The molecular formula is C36H42N8O4. The first-order chi connectivity index (χ1) is 23.0. The zero-order valence-electron chi connectivity index (χ0n) is 28.1. The maximum absolute atomic E-state index is 12.8. The third-order valence-electron chi connectivity index (χ3n) is 9.13. The van der Waals surface area contributed by atoms with Crippen LogP contribution >= 0.6 is 0 Å². The zero-order valence-corrected chi connectivity index (χ0v) is 28.1. The molecule has 0 radical (unpaired) electrons. The Bertz CT molecular complexity index is 1890. The zero-order chi connectivity index (χ0) is 34.0. The highest BCUT2D eigenvalue weighted by Crippen LogP contribution is 2.31. The monoisotopic (exact) mass is 650 g/mol. The number of likely N-dealkylation sites (N-methyl/N-ethyl adjacent to an activating group) is 1. The van der Waals surface area contributed by atoms with Gasteiger partial charge in [-0.3, -0.25) is 9.59 Å². The number of fused-ring (bicyclic) bond motifs is 2. The van der Waals surface area contributed by atoms with Gasteiger partial charge in [-0.2, -0.15) is 4.98 Å². The standard InChI is InChI=1S/C36H42N8O4/c1-7-31(45)43-16-15-42(22-28(43)20-37-5)33-32-38-21-27(44(32)40-35(39-33)47-23-26-12-10-14-41(26)6)17-25-19-29(48-34(46)36(2,3)4)18-24-11-8-9-13-30(24)25/h7-9,11,13,18-19,21,26,28H,1,10,12,14-17,20,22-23H2,2-4,6H3/t26-,28-/m0/s1. The van der Waals surface area contributed by atoms with Gasteiger partial charge in [0.2, 0.25) is 12.5 Å². The van der Waals surface area contributed by atoms with E-state index < -0.39 is 5.41 Å². The summed E-state index contributed by atoms with van der Waals surface area (Å²) in [5, 5.41) is 6.82. The van der Waals surface area contributed by atoms with Crippen molar-refractivity contribution in [2.75, 3.05) is 51.3 Å². The lowest BCUT2D eigenvalue weighted by molar-refractivity contribution is -0.143. The van der Waals surface area contributed by atoms with E-state index in [1.165, 1.54) is 6.08 Å². The number of hydrogen-bond donors (Lipinski definition) is 0. The highest BCUT2D eigenvalue weighted by molar-refractivity contribution is 5.89. The minimum absolute atomic E-state index is 0.164. The molecule has 2 fully saturated rings. The normalized spacial score (nSPS) is 18.6. The Kier molecular flexibility index (Phi) is 9.33. The second-order valence-corrected chi connectivity index (χ2v) is 13.6. The van der Waals surface area contributed by atoms with E-state index in [-0.39, 0.29) is 36.5 Å². The molecule has 0 saturated carbocycles. The van der Waals surface area contributed by atoms with E-state index in [1.54, 1.807) is 15.6 Å². The maximum Gasteiger partial charge on any atom is 0.336 e. The Hall–Kier alpha value is -5.02. The van der Waals surface area contributed by atoms with Crippen LogP contribution in [0.1, 0.15) is 44.9 Å². The number of nitrogens with zero attached hydrogens (tertiary/aromatic N) is 8. The summed E-state index contributed by atoms with van der Waals surface area (Å²) in [4.78, 5) is 44.7. The lowest BCUT2D eigenvalue weighted by Crippen LogP contribution is -2.56. The van der Waals surface area contributed by atoms with Crippen LogP contribution in [0, 0.1) is 12.0 Å². The van der Waals surface area contributed by atoms with Crippen LogP contribution < -0.4 is 14.4 Å². The molecule has 250 valence electrons. The summed E-state index contributed by atoms with van der Waals surface area (Å²) in [6.07, 6.45) is 5.70. The van der Waals surface area contributed by atoms with Crippen LogP contribution in [-0.2, 0) is 16.0 Å². The van der Waals surface area contributed by atoms with Crippen LogP contribution in [0.4, 0.5) is 5.82 Å². The van der Waals surface area contributed by atoms with Gasteiger partial charge >= 0.3 is 12.0 Å². The number of benzene rings is 2. The number of likely N-dealkylation sites (tertiary alicyclic amines) is 1. The van der Waals surface area contributed by atoms with E-state index >= 15 is 0 Å². The van der Waals surface area contributed by atoms with E-state index in [0.29, 0.717) is 49.9 Å². The fourth-order valence-electron chi connectivity index (χ4n) is 6.38. The Labute approximate surface area is 280 Å². The van der Waals surface area contributed by atoms with Crippen LogP contribution in [0.25, 0.3) is 21.3 Å². The van der Waals surface area contributed by atoms with E-state index in [9.17, 15) is 9.59 Å². The van der Waals surface area contributed by atoms with Crippen molar-refractivity contribution in [3.63, 3.8) is 0 Å². The fraction of sp³-hybridized carbons (Fsp3) is 0.444. The minimum atomic E-state index is -0.650. The summed E-state index contributed by atoms with van der Waals surface area (Å²) >= 11 is 0. The molecule has 2 aliphatic heterocycles. The first kappa shape index (κ1) is 32.9. The average molecular weight is 651 g/mol. The predicted molar refractivity (Wildman–Crippen MR) is 183 cm³/mol. The van der Waals surface area contributed by atoms with Crippen LogP contribution in [0.15, 0.2) is 55.3 Å². The summed E-state index contributed by atoms with van der Waals surface area (Å²) in [5.74, 6) is 0.572. The molecule has 0 spiro atoms. The quantitative estimate of drug-likeness (QED) is 0.113. The molecule has 6 rings (SSSR count). The molecule has 48 heavy (non-hydrogen) atoms. The Morgan fingerprint density at radius 2 is 1.96 bits per heavy atom. The number of hydrogen-bond acceptors (Lipinski definition) is 9. The van der Waals surface area contributed by atoms with Crippen LogP contribution in [0.3, 0.4) is 0 Å². The van der Waals surface area contributed by atoms with Gasteiger partial charge in [-0.25, -0.2) is 16.1 Å². The van der Waals surface area contributed by atoms with Crippen LogP contribution in [0.2, 0.25) is 0 Å². The topological polar surface area (TPSA) is 110 Å². The molecule has 1 amide bonds. The maximum atomic E-state index is 12.8. The van der Waals surface area contributed by atoms with E-state index in [0.717, 1.165) is 41.4 Å². The third kappa shape index (κ3) is 6.82. The lowest BCUT2D eigenvalue weighted by Gasteiger charge is -2.39. The van der Waals surface area contributed by atoms with Gasteiger partial charge < -0.3 is 29.0 Å². The molecule has 0 aliphatic carbocycles. The molecular weight excluding hydrogens is 608 g/mol. The number of imidazole rings is 1. The number of piperazine rings is 1. The summed E-state index contributed by atoms with van der Waals surface area (Å²) in [7, 11) is 2.10. The van der Waals surface area contributed by atoms with Gasteiger partial charge in [0, 0.05) is 32.1 Å². The van der Waals surface area contributed by atoms with Crippen molar-refractivity contribution in [1.29, 1.82) is 0 Å². The summed E-state index contributed by atoms with van der Waals surface area (Å²) in [6.45, 7) is 19.6. The second-order valence-electron chi connectivity index (χ2n) is 13.6. The minimum Gasteiger partial charge on any atom is -0.461 e. The molecule has 12 nitrogen and oxygen atoms in total. The molecule has 2 atom stereocenters. The molecule has 0 bridgehead atoms. The van der Waals surface area contributed by atoms with Crippen molar-refractivity contribution >= 4 is 34.1 Å². The van der Waals surface area contributed by atoms with E-state index in [4.69, 9.17) is 31.1 Å². The Balaban J connectivity index is 1.39.